The van der Waals surface area contributed by atoms with Crippen LogP contribution in [0.2, 0.25) is 0 Å². The number of rotatable bonds is 4. The zero-order chi connectivity index (χ0) is 23.7. The van der Waals surface area contributed by atoms with Gasteiger partial charge in [-0.1, -0.05) is 0 Å². The van der Waals surface area contributed by atoms with Gasteiger partial charge in [0.05, 0.1) is 0 Å². The molecule has 0 aliphatic carbocycles. The normalized spacial score (nSPS) is 13.6. The first-order valence-electron chi connectivity index (χ1n) is 11.4. The van der Waals surface area contributed by atoms with Gasteiger partial charge in [-0.2, -0.15) is 0 Å². The Balaban J connectivity index is 1.92. The van der Waals surface area contributed by atoms with Crippen molar-refractivity contribution in [3.63, 3.8) is 0 Å². The molecule has 0 spiro atoms. The van der Waals surface area contributed by atoms with Gasteiger partial charge in [0.1, 0.15) is 0 Å². The SMILES string of the molecule is COc1ccccc1[CH]=[Ru]=[C]1N(c2c(C)cc(C)cc2C)CCN1c1c(C)cc(C)cc1C. The maximum absolute atomic E-state index is 5.63. The van der Waals surface area contributed by atoms with Gasteiger partial charge in [-0.25, -0.2) is 0 Å². The zero-order valence-electron chi connectivity index (χ0n) is 20.8. The molecule has 1 heterocycles. The molecule has 1 aliphatic heterocycles. The van der Waals surface area contributed by atoms with E-state index in [1.54, 1.807) is 7.11 Å². The molecule has 174 valence electrons. The van der Waals surface area contributed by atoms with Crippen LogP contribution in [0, 0.1) is 41.5 Å². The Hall–Kier alpha value is -2.58. The molecule has 4 rings (SSSR count). The van der Waals surface area contributed by atoms with E-state index in [0.29, 0.717) is 0 Å². The number of benzene rings is 3. The first kappa shape index (κ1) is 23.6. The first-order valence-corrected chi connectivity index (χ1v) is 13.3. The van der Waals surface area contributed by atoms with Gasteiger partial charge >= 0.3 is 206 Å². The molecule has 0 amide bonds. The molecule has 0 atom stereocenters. The fourth-order valence-corrected chi connectivity index (χ4v) is 7.31. The van der Waals surface area contributed by atoms with Crippen LogP contribution in [0.3, 0.4) is 0 Å². The number of nitrogens with zero attached hydrogens (tertiary/aromatic N) is 2. The molecule has 3 nitrogen and oxygen atoms in total. The van der Waals surface area contributed by atoms with Crippen molar-refractivity contribution in [1.82, 2.24) is 0 Å². The van der Waals surface area contributed by atoms with Crippen LogP contribution in [0.5, 0.6) is 5.75 Å². The van der Waals surface area contributed by atoms with Gasteiger partial charge in [0.15, 0.2) is 0 Å². The molecule has 33 heavy (non-hydrogen) atoms. The van der Waals surface area contributed by atoms with Crippen LogP contribution in [-0.2, 0) is 16.2 Å². The van der Waals surface area contributed by atoms with Crippen molar-refractivity contribution in [2.24, 2.45) is 0 Å². The molecule has 0 unspecified atom stereocenters. The summed E-state index contributed by atoms with van der Waals surface area (Å²) in [5, 5.41) is 0. The molecule has 1 fully saturated rings. The number of hydrogen-bond acceptors (Lipinski definition) is 3. The molecule has 4 heteroatoms. The second kappa shape index (κ2) is 9.73. The Morgan fingerprint density at radius 2 is 1.18 bits per heavy atom. The Labute approximate surface area is 205 Å². The van der Waals surface area contributed by atoms with Crippen molar-refractivity contribution >= 4 is 20.3 Å². The van der Waals surface area contributed by atoms with E-state index < -0.39 is 0 Å². The molecular formula is C29H34N2ORu. The molecule has 0 radical (unpaired) electrons. The summed E-state index contributed by atoms with van der Waals surface area (Å²) in [6.45, 7) is 15.4. The second-order valence-electron chi connectivity index (χ2n) is 9.00. The summed E-state index contributed by atoms with van der Waals surface area (Å²) in [6.07, 6.45) is 0. The molecule has 3 aromatic rings. The van der Waals surface area contributed by atoms with Crippen molar-refractivity contribution < 1.29 is 21.0 Å². The van der Waals surface area contributed by atoms with Crippen LogP contribution >= 0.6 is 0 Å². The summed E-state index contributed by atoms with van der Waals surface area (Å²) in [5.74, 6) is 0.939. The van der Waals surface area contributed by atoms with Gasteiger partial charge in [-0.05, 0) is 0 Å². The van der Waals surface area contributed by atoms with Crippen LogP contribution in [0.15, 0.2) is 48.5 Å². The predicted molar refractivity (Wildman–Crippen MR) is 139 cm³/mol. The van der Waals surface area contributed by atoms with Crippen molar-refractivity contribution in [1.29, 1.82) is 0 Å². The molecule has 0 bridgehead atoms. The Morgan fingerprint density at radius 1 is 0.727 bits per heavy atom. The summed E-state index contributed by atoms with van der Waals surface area (Å²) < 4.78 is 9.44. The van der Waals surface area contributed by atoms with Crippen molar-refractivity contribution in [3.8, 4) is 5.75 Å². The van der Waals surface area contributed by atoms with Gasteiger partial charge in [0.25, 0.3) is 0 Å². The summed E-state index contributed by atoms with van der Waals surface area (Å²) >= 11 is -0.189. The van der Waals surface area contributed by atoms with E-state index in [4.69, 9.17) is 4.74 Å². The molecular weight excluding hydrogens is 493 g/mol. The zero-order valence-corrected chi connectivity index (χ0v) is 22.5. The van der Waals surface area contributed by atoms with Crippen LogP contribution in [-0.4, -0.2) is 29.2 Å². The number of methoxy groups -OCH3 is 1. The monoisotopic (exact) mass is 528 g/mol. The first-order chi connectivity index (χ1) is 15.8. The van der Waals surface area contributed by atoms with Gasteiger partial charge in [0.2, 0.25) is 0 Å². The minimum atomic E-state index is -0.189. The van der Waals surface area contributed by atoms with Gasteiger partial charge in [-0.15, -0.1) is 0 Å². The summed E-state index contributed by atoms with van der Waals surface area (Å²) in [6, 6.07) is 17.6. The molecule has 0 aromatic heterocycles. The third kappa shape index (κ3) is 4.73. The molecule has 0 N–H and O–H groups in total. The summed E-state index contributed by atoms with van der Waals surface area (Å²) in [4.78, 5) is 5.15. The van der Waals surface area contributed by atoms with E-state index in [1.165, 1.54) is 54.7 Å². The Kier molecular flexibility index (Phi) is 6.95. The van der Waals surface area contributed by atoms with Crippen molar-refractivity contribution in [2.45, 2.75) is 41.5 Å². The van der Waals surface area contributed by atoms with Crippen molar-refractivity contribution in [3.05, 3.63) is 87.5 Å². The van der Waals surface area contributed by atoms with Crippen molar-refractivity contribution in [2.75, 3.05) is 30.0 Å². The van der Waals surface area contributed by atoms with Crippen LogP contribution in [0.1, 0.15) is 38.9 Å². The van der Waals surface area contributed by atoms with Crippen LogP contribution < -0.4 is 14.5 Å². The van der Waals surface area contributed by atoms with E-state index in [-0.39, 0.29) is 16.2 Å². The van der Waals surface area contributed by atoms with Crippen LogP contribution in [0.4, 0.5) is 11.4 Å². The standard InChI is InChI=1S/C21H26N2.C8H8O.Ru/c1-14-9-16(3)20(17(4)10-14)22-7-8-23(13-22)21-18(5)11-15(2)12-19(21)6;1-7-5-3-4-6-8(7)9-2;/h9-12H,7-8H2,1-6H3;1,3-6H,2H3;. The van der Waals surface area contributed by atoms with E-state index in [2.05, 4.69) is 92.3 Å². The minimum absolute atomic E-state index is 0.189. The number of hydrogen-bond donors (Lipinski definition) is 0. The number of para-hydroxylation sites is 1. The van der Waals surface area contributed by atoms with Crippen LogP contribution in [0.25, 0.3) is 0 Å². The third-order valence-electron chi connectivity index (χ3n) is 6.18. The maximum atomic E-state index is 5.63. The van der Waals surface area contributed by atoms with Gasteiger partial charge < -0.3 is 0 Å². The molecule has 3 aromatic carbocycles. The molecule has 1 saturated heterocycles. The topological polar surface area (TPSA) is 15.7 Å². The summed E-state index contributed by atoms with van der Waals surface area (Å²) in [5.41, 5.74) is 11.9. The van der Waals surface area contributed by atoms with E-state index in [1.807, 2.05) is 12.1 Å². The third-order valence-corrected chi connectivity index (χ3v) is 8.36. The molecule has 1 aliphatic rings. The summed E-state index contributed by atoms with van der Waals surface area (Å²) in [7, 11) is 1.75. The Morgan fingerprint density at radius 3 is 1.64 bits per heavy atom. The Bertz CT molecular complexity index is 1160. The quantitative estimate of drug-likeness (QED) is 0.394. The van der Waals surface area contributed by atoms with E-state index >= 15 is 0 Å². The fraction of sp³-hybridized carbons (Fsp3) is 0.310. The number of anilines is 2. The van der Waals surface area contributed by atoms with E-state index in [9.17, 15) is 0 Å². The molecule has 0 saturated carbocycles. The fourth-order valence-electron chi connectivity index (χ4n) is 5.09. The van der Waals surface area contributed by atoms with E-state index in [0.717, 1.165) is 18.8 Å². The number of aryl methyl sites for hydroxylation is 6. The predicted octanol–water partition coefficient (Wildman–Crippen LogP) is 5.89. The van der Waals surface area contributed by atoms with Gasteiger partial charge in [-0.3, -0.25) is 0 Å². The average molecular weight is 528 g/mol. The number of ether oxygens (including phenoxy) is 1. The average Bonchev–Trinajstić information content (AvgIpc) is 3.14. The van der Waals surface area contributed by atoms with Gasteiger partial charge in [0, 0.05) is 0 Å². The second-order valence-corrected chi connectivity index (χ2v) is 10.8.